The monoisotopic (exact) mass is 245 g/mol. The third kappa shape index (κ3) is 4.61. The van der Waals surface area contributed by atoms with E-state index in [0.29, 0.717) is 6.54 Å². The first-order valence-corrected chi connectivity index (χ1v) is 7.18. The van der Waals surface area contributed by atoms with Gasteiger partial charge in [0, 0.05) is 18.8 Å². The summed E-state index contributed by atoms with van der Waals surface area (Å²) >= 11 is 1.80. The van der Waals surface area contributed by atoms with Gasteiger partial charge in [0.15, 0.2) is 5.96 Å². The lowest BCUT2D eigenvalue weighted by atomic mass is 10.1. The van der Waals surface area contributed by atoms with Crippen LogP contribution in [0.25, 0.3) is 0 Å². The van der Waals surface area contributed by atoms with Crippen LogP contribution >= 0.6 is 11.8 Å². The molecule has 16 heavy (non-hydrogen) atoms. The topological polar surface area (TPSA) is 56.7 Å². The van der Waals surface area contributed by atoms with E-state index in [2.05, 4.69) is 22.5 Å². The third-order valence-corrected chi connectivity index (χ3v) is 3.73. The number of nitrogens with zero attached hydrogens (tertiary/aromatic N) is 1. The van der Waals surface area contributed by atoms with Gasteiger partial charge in [0.1, 0.15) is 0 Å². The molecule has 1 saturated heterocycles. The van der Waals surface area contributed by atoms with Gasteiger partial charge in [0.2, 0.25) is 0 Å². The average molecular weight is 245 g/mol. The van der Waals surface area contributed by atoms with Crippen molar-refractivity contribution in [3.05, 3.63) is 0 Å². The van der Waals surface area contributed by atoms with Crippen LogP contribution < -0.4 is 10.6 Å². The molecule has 1 aliphatic rings. The zero-order chi connectivity index (χ0) is 11.9. The van der Waals surface area contributed by atoms with Crippen LogP contribution in [0.2, 0.25) is 0 Å². The third-order valence-electron chi connectivity index (χ3n) is 2.50. The molecule has 0 aromatic rings. The highest BCUT2D eigenvalue weighted by molar-refractivity contribution is 7.99. The van der Waals surface area contributed by atoms with Crippen LogP contribution in [0.1, 0.15) is 26.7 Å². The van der Waals surface area contributed by atoms with Crippen LogP contribution in [0.15, 0.2) is 4.99 Å². The van der Waals surface area contributed by atoms with Gasteiger partial charge in [0.05, 0.1) is 12.1 Å². The number of aliphatic imine (C=N–C) groups is 1. The van der Waals surface area contributed by atoms with Gasteiger partial charge >= 0.3 is 0 Å². The number of nitrogens with one attached hydrogen (secondary N) is 2. The maximum absolute atomic E-state index is 10.2. The Bertz CT molecular complexity index is 227. The standard InChI is InChI=1S/C11H23N3OS/c1-3-6-13-10(12-4-2)14-8-11(15)5-7-16-9-11/h15H,3-9H2,1-2H3,(H2,12,13,14). The number of guanidine groups is 1. The van der Waals surface area contributed by atoms with E-state index in [-0.39, 0.29) is 0 Å². The summed E-state index contributed by atoms with van der Waals surface area (Å²) < 4.78 is 0. The van der Waals surface area contributed by atoms with Crippen molar-refractivity contribution in [2.45, 2.75) is 32.3 Å². The Hall–Kier alpha value is -0.420. The van der Waals surface area contributed by atoms with Crippen molar-refractivity contribution in [2.75, 3.05) is 31.1 Å². The lowest BCUT2D eigenvalue weighted by Gasteiger charge is -2.19. The molecule has 3 N–H and O–H groups in total. The molecule has 1 fully saturated rings. The Labute approximate surface area is 102 Å². The zero-order valence-corrected chi connectivity index (χ0v) is 11.1. The van der Waals surface area contributed by atoms with Crippen molar-refractivity contribution in [1.82, 2.24) is 10.6 Å². The van der Waals surface area contributed by atoms with Gasteiger partial charge in [-0.25, -0.2) is 0 Å². The minimum Gasteiger partial charge on any atom is -0.387 e. The van der Waals surface area contributed by atoms with E-state index in [1.165, 1.54) is 0 Å². The number of aliphatic hydroxyl groups is 1. The molecular weight excluding hydrogens is 222 g/mol. The molecule has 5 heteroatoms. The Balaban J connectivity index is 2.42. The van der Waals surface area contributed by atoms with E-state index in [0.717, 1.165) is 43.4 Å². The summed E-state index contributed by atoms with van der Waals surface area (Å²) in [5.74, 6) is 2.67. The predicted molar refractivity (Wildman–Crippen MR) is 71.2 cm³/mol. The van der Waals surface area contributed by atoms with Gasteiger partial charge in [-0.05, 0) is 25.5 Å². The fourth-order valence-electron chi connectivity index (χ4n) is 1.53. The van der Waals surface area contributed by atoms with Crippen LogP contribution in [0.5, 0.6) is 0 Å². The molecule has 4 nitrogen and oxygen atoms in total. The first kappa shape index (κ1) is 13.6. The van der Waals surface area contributed by atoms with Crippen molar-refractivity contribution >= 4 is 17.7 Å². The molecule has 0 amide bonds. The van der Waals surface area contributed by atoms with E-state index in [1.807, 2.05) is 6.92 Å². The first-order chi connectivity index (χ1) is 7.70. The smallest absolute Gasteiger partial charge is 0.191 e. The largest absolute Gasteiger partial charge is 0.387 e. The van der Waals surface area contributed by atoms with Crippen molar-refractivity contribution in [2.24, 2.45) is 4.99 Å². The summed E-state index contributed by atoms with van der Waals surface area (Å²) in [5.41, 5.74) is -0.584. The zero-order valence-electron chi connectivity index (χ0n) is 10.3. The maximum atomic E-state index is 10.2. The lowest BCUT2D eigenvalue weighted by Crippen LogP contribution is -2.40. The summed E-state index contributed by atoms with van der Waals surface area (Å²) in [7, 11) is 0. The van der Waals surface area contributed by atoms with Crippen LogP contribution in [0.3, 0.4) is 0 Å². The maximum Gasteiger partial charge on any atom is 0.191 e. The fourth-order valence-corrected chi connectivity index (χ4v) is 2.82. The Morgan fingerprint density at radius 1 is 1.44 bits per heavy atom. The van der Waals surface area contributed by atoms with Crippen molar-refractivity contribution in [3.63, 3.8) is 0 Å². The normalized spacial score (nSPS) is 25.8. The van der Waals surface area contributed by atoms with Crippen molar-refractivity contribution in [3.8, 4) is 0 Å². The van der Waals surface area contributed by atoms with Crippen molar-refractivity contribution < 1.29 is 5.11 Å². The second-order valence-corrected chi connectivity index (χ2v) is 5.25. The molecule has 1 heterocycles. The summed E-state index contributed by atoms with van der Waals surface area (Å²) in [6, 6.07) is 0. The van der Waals surface area contributed by atoms with E-state index >= 15 is 0 Å². The second kappa shape index (κ2) is 7.01. The van der Waals surface area contributed by atoms with E-state index in [4.69, 9.17) is 0 Å². The van der Waals surface area contributed by atoms with Crippen LogP contribution in [0.4, 0.5) is 0 Å². The Kier molecular flexibility index (Phi) is 5.98. The molecule has 1 aliphatic heterocycles. The molecule has 0 aromatic carbocycles. The molecule has 1 atom stereocenters. The summed E-state index contributed by atoms with van der Waals surface area (Å²) in [4.78, 5) is 4.44. The molecule has 1 rings (SSSR count). The molecule has 0 saturated carbocycles. The minimum atomic E-state index is -0.584. The molecule has 0 spiro atoms. The molecule has 0 radical (unpaired) electrons. The summed E-state index contributed by atoms with van der Waals surface area (Å²) in [5, 5.41) is 16.6. The molecule has 0 bridgehead atoms. The van der Waals surface area contributed by atoms with Gasteiger partial charge in [-0.3, -0.25) is 4.99 Å². The highest BCUT2D eigenvalue weighted by Crippen LogP contribution is 2.27. The second-order valence-electron chi connectivity index (χ2n) is 4.15. The van der Waals surface area contributed by atoms with Gasteiger partial charge in [-0.2, -0.15) is 11.8 Å². The van der Waals surface area contributed by atoms with E-state index in [1.54, 1.807) is 11.8 Å². The van der Waals surface area contributed by atoms with Gasteiger partial charge < -0.3 is 15.7 Å². The molecule has 94 valence electrons. The van der Waals surface area contributed by atoms with E-state index in [9.17, 15) is 5.11 Å². The highest BCUT2D eigenvalue weighted by atomic mass is 32.2. The lowest BCUT2D eigenvalue weighted by molar-refractivity contribution is 0.0778. The van der Waals surface area contributed by atoms with Gasteiger partial charge in [-0.1, -0.05) is 6.92 Å². The average Bonchev–Trinajstić information content (AvgIpc) is 2.70. The number of hydrogen-bond acceptors (Lipinski definition) is 3. The fraction of sp³-hybridized carbons (Fsp3) is 0.909. The van der Waals surface area contributed by atoms with Crippen molar-refractivity contribution in [1.29, 1.82) is 0 Å². The van der Waals surface area contributed by atoms with Crippen LogP contribution in [0, 0.1) is 0 Å². The highest BCUT2D eigenvalue weighted by Gasteiger charge is 2.31. The number of hydrogen-bond donors (Lipinski definition) is 3. The summed E-state index contributed by atoms with van der Waals surface area (Å²) in [6.07, 6.45) is 1.93. The Morgan fingerprint density at radius 2 is 2.25 bits per heavy atom. The summed E-state index contributed by atoms with van der Waals surface area (Å²) in [6.45, 7) is 6.43. The molecule has 0 aliphatic carbocycles. The van der Waals surface area contributed by atoms with Crippen LogP contribution in [-0.4, -0.2) is 47.8 Å². The SMILES string of the molecule is CCCNC(=NCC1(O)CCSC1)NCC. The Morgan fingerprint density at radius 3 is 2.81 bits per heavy atom. The van der Waals surface area contributed by atoms with E-state index < -0.39 is 5.60 Å². The van der Waals surface area contributed by atoms with Gasteiger partial charge in [-0.15, -0.1) is 0 Å². The predicted octanol–water partition coefficient (Wildman–Crippen LogP) is 0.819. The molecule has 1 unspecified atom stereocenters. The molecular formula is C11H23N3OS. The minimum absolute atomic E-state index is 0.499. The van der Waals surface area contributed by atoms with Gasteiger partial charge in [0.25, 0.3) is 0 Å². The quantitative estimate of drug-likeness (QED) is 0.496. The van der Waals surface area contributed by atoms with Crippen LogP contribution in [-0.2, 0) is 0 Å². The first-order valence-electron chi connectivity index (χ1n) is 6.02. The number of thioether (sulfide) groups is 1. The number of rotatable bonds is 5. The molecule has 0 aromatic heterocycles.